The monoisotopic (exact) mass is 286 g/mol. The lowest BCUT2D eigenvalue weighted by Crippen LogP contribution is -2.06. The number of fused-ring (bicyclic) bond motifs is 1. The van der Waals surface area contributed by atoms with Crippen molar-refractivity contribution in [2.75, 3.05) is 6.61 Å². The van der Waals surface area contributed by atoms with Crippen molar-refractivity contribution in [1.82, 2.24) is 0 Å². The summed E-state index contributed by atoms with van der Waals surface area (Å²) in [6.07, 6.45) is 0.809. The van der Waals surface area contributed by atoms with Gasteiger partial charge in [-0.05, 0) is 43.2 Å². The van der Waals surface area contributed by atoms with E-state index in [2.05, 4.69) is 0 Å². The zero-order valence-corrected chi connectivity index (χ0v) is 12.3. The SMILES string of the molecule is Cc1ccc(C)c(C(=O)c2cc(Cl)cc3c2OCC3)c1. The molecule has 2 aromatic rings. The lowest BCUT2D eigenvalue weighted by molar-refractivity contribution is 0.103. The van der Waals surface area contributed by atoms with Gasteiger partial charge < -0.3 is 4.74 Å². The quantitative estimate of drug-likeness (QED) is 0.776. The Morgan fingerprint density at radius 2 is 1.95 bits per heavy atom. The van der Waals surface area contributed by atoms with Crippen LogP contribution in [0.4, 0.5) is 0 Å². The van der Waals surface area contributed by atoms with Crippen LogP contribution in [0.5, 0.6) is 5.75 Å². The highest BCUT2D eigenvalue weighted by Crippen LogP contribution is 2.34. The van der Waals surface area contributed by atoms with E-state index < -0.39 is 0 Å². The normalized spacial score (nSPS) is 12.9. The highest BCUT2D eigenvalue weighted by molar-refractivity contribution is 6.31. The first-order valence-corrected chi connectivity index (χ1v) is 7.01. The molecule has 0 N–H and O–H groups in total. The summed E-state index contributed by atoms with van der Waals surface area (Å²) >= 11 is 6.12. The van der Waals surface area contributed by atoms with E-state index in [1.54, 1.807) is 6.07 Å². The van der Waals surface area contributed by atoms with E-state index in [4.69, 9.17) is 16.3 Å². The van der Waals surface area contributed by atoms with E-state index in [1.165, 1.54) is 0 Å². The summed E-state index contributed by atoms with van der Waals surface area (Å²) < 4.78 is 5.62. The van der Waals surface area contributed by atoms with Gasteiger partial charge >= 0.3 is 0 Å². The van der Waals surface area contributed by atoms with Crippen molar-refractivity contribution >= 4 is 17.4 Å². The first-order valence-electron chi connectivity index (χ1n) is 6.63. The standard InChI is InChI=1S/C17H15ClO2/c1-10-3-4-11(2)14(7-10)16(19)15-9-13(18)8-12-5-6-20-17(12)15/h3-4,7-9H,5-6H2,1-2H3. The van der Waals surface area contributed by atoms with Crippen LogP contribution in [0.3, 0.4) is 0 Å². The molecule has 0 aliphatic carbocycles. The predicted octanol–water partition coefficient (Wildman–Crippen LogP) is 4.12. The van der Waals surface area contributed by atoms with Gasteiger partial charge in [0.1, 0.15) is 5.75 Å². The summed E-state index contributed by atoms with van der Waals surface area (Å²) in [6.45, 7) is 4.54. The van der Waals surface area contributed by atoms with E-state index in [1.807, 2.05) is 38.1 Å². The highest BCUT2D eigenvalue weighted by atomic mass is 35.5. The lowest BCUT2D eigenvalue weighted by atomic mass is 9.95. The Morgan fingerprint density at radius 3 is 2.75 bits per heavy atom. The number of ketones is 1. The first kappa shape index (κ1) is 13.2. The highest BCUT2D eigenvalue weighted by Gasteiger charge is 2.23. The fourth-order valence-corrected chi connectivity index (χ4v) is 2.80. The van der Waals surface area contributed by atoms with Crippen LogP contribution < -0.4 is 4.74 Å². The maximum absolute atomic E-state index is 12.8. The molecule has 2 aromatic carbocycles. The molecule has 0 saturated heterocycles. The van der Waals surface area contributed by atoms with Crippen LogP contribution in [0.25, 0.3) is 0 Å². The third-order valence-corrected chi connectivity index (χ3v) is 3.85. The number of rotatable bonds is 2. The molecule has 1 aliphatic heterocycles. The minimum atomic E-state index is -0.0214. The van der Waals surface area contributed by atoms with Crippen LogP contribution in [-0.4, -0.2) is 12.4 Å². The number of hydrogen-bond donors (Lipinski definition) is 0. The van der Waals surface area contributed by atoms with Gasteiger partial charge in [0, 0.05) is 17.0 Å². The molecule has 102 valence electrons. The van der Waals surface area contributed by atoms with Crippen molar-refractivity contribution < 1.29 is 9.53 Å². The molecular formula is C17H15ClO2. The molecule has 3 heteroatoms. The lowest BCUT2D eigenvalue weighted by Gasteiger charge is -2.10. The van der Waals surface area contributed by atoms with E-state index in [-0.39, 0.29) is 5.78 Å². The summed E-state index contributed by atoms with van der Waals surface area (Å²) in [6, 6.07) is 9.47. The summed E-state index contributed by atoms with van der Waals surface area (Å²) in [5.74, 6) is 0.673. The molecular weight excluding hydrogens is 272 g/mol. The van der Waals surface area contributed by atoms with Crippen molar-refractivity contribution in [2.24, 2.45) is 0 Å². The van der Waals surface area contributed by atoms with Gasteiger partial charge in [-0.2, -0.15) is 0 Å². The fraction of sp³-hybridized carbons (Fsp3) is 0.235. The average Bonchev–Trinajstić information content (AvgIpc) is 2.87. The number of hydrogen-bond acceptors (Lipinski definition) is 2. The number of aryl methyl sites for hydroxylation is 2. The van der Waals surface area contributed by atoms with Gasteiger partial charge in [0.15, 0.2) is 5.78 Å². The van der Waals surface area contributed by atoms with Gasteiger partial charge in [-0.15, -0.1) is 0 Å². The minimum Gasteiger partial charge on any atom is -0.492 e. The first-order chi connectivity index (χ1) is 9.56. The fourth-order valence-electron chi connectivity index (χ4n) is 2.56. The topological polar surface area (TPSA) is 26.3 Å². The van der Waals surface area contributed by atoms with Crippen LogP contribution in [-0.2, 0) is 6.42 Å². The van der Waals surface area contributed by atoms with Gasteiger partial charge in [0.05, 0.1) is 12.2 Å². The molecule has 0 unspecified atom stereocenters. The largest absolute Gasteiger partial charge is 0.492 e. The van der Waals surface area contributed by atoms with Crippen molar-refractivity contribution in [3.8, 4) is 5.75 Å². The van der Waals surface area contributed by atoms with Crippen LogP contribution in [0.15, 0.2) is 30.3 Å². The minimum absolute atomic E-state index is 0.0214. The molecule has 0 aromatic heterocycles. The Morgan fingerprint density at radius 1 is 1.15 bits per heavy atom. The van der Waals surface area contributed by atoms with Gasteiger partial charge in [0.2, 0.25) is 0 Å². The molecule has 0 saturated carbocycles. The van der Waals surface area contributed by atoms with Crippen molar-refractivity contribution in [2.45, 2.75) is 20.3 Å². The second-order valence-corrected chi connectivity index (χ2v) is 5.62. The zero-order valence-electron chi connectivity index (χ0n) is 11.5. The average molecular weight is 287 g/mol. The molecule has 0 bridgehead atoms. The van der Waals surface area contributed by atoms with E-state index in [0.29, 0.717) is 28.5 Å². The van der Waals surface area contributed by atoms with E-state index in [9.17, 15) is 4.79 Å². The number of halogens is 1. The maximum Gasteiger partial charge on any atom is 0.197 e. The number of carbonyl (C=O) groups excluding carboxylic acids is 1. The van der Waals surface area contributed by atoms with Crippen LogP contribution in [0.2, 0.25) is 5.02 Å². The van der Waals surface area contributed by atoms with Gasteiger partial charge in [-0.1, -0.05) is 29.3 Å². The van der Waals surface area contributed by atoms with E-state index in [0.717, 1.165) is 23.1 Å². The Bertz CT molecular complexity index is 704. The third kappa shape index (κ3) is 2.20. The molecule has 0 amide bonds. The molecule has 0 atom stereocenters. The second-order valence-electron chi connectivity index (χ2n) is 5.19. The summed E-state index contributed by atoms with van der Waals surface area (Å²) in [4.78, 5) is 12.8. The molecule has 2 nitrogen and oxygen atoms in total. The van der Waals surface area contributed by atoms with Crippen molar-refractivity contribution in [1.29, 1.82) is 0 Å². The smallest absolute Gasteiger partial charge is 0.197 e. The molecule has 1 aliphatic rings. The summed E-state index contributed by atoms with van der Waals surface area (Å²) in [5.41, 5.74) is 4.33. The maximum atomic E-state index is 12.8. The van der Waals surface area contributed by atoms with Gasteiger partial charge in [-0.25, -0.2) is 0 Å². The van der Waals surface area contributed by atoms with Crippen molar-refractivity contribution in [3.05, 3.63) is 63.2 Å². The van der Waals surface area contributed by atoms with Gasteiger partial charge in [-0.3, -0.25) is 4.79 Å². The second kappa shape index (κ2) is 4.95. The Hall–Kier alpha value is -1.80. The van der Waals surface area contributed by atoms with Crippen molar-refractivity contribution in [3.63, 3.8) is 0 Å². The van der Waals surface area contributed by atoms with Crippen LogP contribution >= 0.6 is 11.6 Å². The number of ether oxygens (including phenoxy) is 1. The Labute approximate surface area is 123 Å². The Kier molecular flexibility index (Phi) is 3.27. The third-order valence-electron chi connectivity index (χ3n) is 3.63. The molecule has 20 heavy (non-hydrogen) atoms. The summed E-state index contributed by atoms with van der Waals surface area (Å²) in [5, 5.41) is 0.586. The number of carbonyl (C=O) groups is 1. The van der Waals surface area contributed by atoms with E-state index >= 15 is 0 Å². The van der Waals surface area contributed by atoms with Crippen LogP contribution in [0.1, 0.15) is 32.6 Å². The van der Waals surface area contributed by atoms with Crippen LogP contribution in [0, 0.1) is 13.8 Å². The molecule has 3 rings (SSSR count). The summed E-state index contributed by atoms with van der Waals surface area (Å²) in [7, 11) is 0. The van der Waals surface area contributed by atoms with Gasteiger partial charge in [0.25, 0.3) is 0 Å². The molecule has 1 heterocycles. The zero-order chi connectivity index (χ0) is 14.3. The molecule has 0 spiro atoms. The molecule has 0 fully saturated rings. The Balaban J connectivity index is 2.14. The predicted molar refractivity (Wildman–Crippen MR) is 80.0 cm³/mol. The molecule has 0 radical (unpaired) electrons. The number of benzene rings is 2.